The van der Waals surface area contributed by atoms with Crippen LogP contribution in [0.15, 0.2) is 18.2 Å². The van der Waals surface area contributed by atoms with E-state index in [1.165, 1.54) is 0 Å². The van der Waals surface area contributed by atoms with Crippen LogP contribution in [0, 0.1) is 13.7 Å². The molecule has 0 amide bonds. The van der Waals surface area contributed by atoms with Gasteiger partial charge in [0.1, 0.15) is 5.69 Å². The Morgan fingerprint density at radius 3 is 2.79 bits per heavy atom. The molecule has 0 saturated heterocycles. The van der Waals surface area contributed by atoms with Gasteiger partial charge in [0.2, 0.25) is 0 Å². The number of hydrogen-bond donors (Lipinski definition) is 1. The number of nitro groups is 1. The minimum absolute atomic E-state index is 0.0316. The van der Waals surface area contributed by atoms with Crippen LogP contribution in [-0.2, 0) is 0 Å². The highest BCUT2D eigenvalue weighted by Crippen LogP contribution is 2.41. The maximum Gasteiger partial charge on any atom is 0.348 e. The van der Waals surface area contributed by atoms with E-state index in [0.717, 1.165) is 25.0 Å². The molecule has 6 heteroatoms. The van der Waals surface area contributed by atoms with Gasteiger partial charge in [0, 0.05) is 13.7 Å². The monoisotopic (exact) mass is 320 g/mol. The molecule has 2 rings (SSSR count). The maximum absolute atomic E-state index is 10.6. The van der Waals surface area contributed by atoms with Gasteiger partial charge in [0.15, 0.2) is 0 Å². The summed E-state index contributed by atoms with van der Waals surface area (Å²) in [7, 11) is 0. The number of nitrogen functional groups attached to an aromatic ring is 1. The van der Waals surface area contributed by atoms with E-state index in [1.807, 2.05) is 18.2 Å². The van der Waals surface area contributed by atoms with Crippen molar-refractivity contribution in [2.24, 2.45) is 0 Å². The van der Waals surface area contributed by atoms with Crippen molar-refractivity contribution < 1.29 is 4.92 Å². The van der Waals surface area contributed by atoms with Crippen molar-refractivity contribution in [2.45, 2.75) is 0 Å². The fraction of sp³-hybridized carbons (Fsp3) is 0. The Balaban J connectivity index is 2.87. The maximum atomic E-state index is 10.6. The Hall–Kier alpha value is -0.890. The summed E-state index contributed by atoms with van der Waals surface area (Å²) in [5, 5.41) is 11.5. The van der Waals surface area contributed by atoms with E-state index < -0.39 is 4.92 Å². The highest BCUT2D eigenvalue weighted by molar-refractivity contribution is 14.1. The minimum atomic E-state index is -0.434. The highest BCUT2D eigenvalue weighted by Gasteiger charge is 2.19. The van der Waals surface area contributed by atoms with E-state index in [0.29, 0.717) is 0 Å². The second-order valence-corrected chi connectivity index (χ2v) is 4.88. The quantitative estimate of drug-likeness (QED) is 0.499. The van der Waals surface area contributed by atoms with Crippen molar-refractivity contribution in [2.75, 3.05) is 5.73 Å². The third-order valence-electron chi connectivity index (χ3n) is 1.85. The van der Waals surface area contributed by atoms with Gasteiger partial charge in [-0.1, -0.05) is 17.4 Å². The van der Waals surface area contributed by atoms with Gasteiger partial charge in [-0.25, -0.2) is 0 Å². The lowest BCUT2D eigenvalue weighted by Gasteiger charge is -1.93. The number of nitrogens with two attached hydrogens (primary N) is 1. The van der Waals surface area contributed by atoms with Crippen molar-refractivity contribution in [1.82, 2.24) is 0 Å². The molecule has 0 aliphatic carbocycles. The van der Waals surface area contributed by atoms with Gasteiger partial charge in [-0.15, -0.1) is 0 Å². The fourth-order valence-electron chi connectivity index (χ4n) is 1.25. The number of anilines is 1. The van der Waals surface area contributed by atoms with Crippen LogP contribution < -0.4 is 5.73 Å². The predicted molar refractivity (Wildman–Crippen MR) is 65.6 cm³/mol. The van der Waals surface area contributed by atoms with Crippen molar-refractivity contribution in [3.8, 4) is 0 Å². The zero-order chi connectivity index (χ0) is 10.3. The molecule has 0 unspecified atom stereocenters. The second kappa shape index (κ2) is 3.35. The van der Waals surface area contributed by atoms with Gasteiger partial charge in [-0.3, -0.25) is 10.1 Å². The molecule has 0 aliphatic rings. The number of halogens is 1. The first-order valence-corrected chi connectivity index (χ1v) is 5.61. The summed E-state index contributed by atoms with van der Waals surface area (Å²) in [4.78, 5) is 10.2. The third-order valence-corrected chi connectivity index (χ3v) is 3.87. The van der Waals surface area contributed by atoms with E-state index in [9.17, 15) is 10.1 Å². The average molecular weight is 320 g/mol. The van der Waals surface area contributed by atoms with Crippen molar-refractivity contribution >= 4 is 54.7 Å². The zero-order valence-corrected chi connectivity index (χ0v) is 9.83. The van der Waals surface area contributed by atoms with Gasteiger partial charge in [-0.05, 0) is 34.7 Å². The van der Waals surface area contributed by atoms with E-state index in [4.69, 9.17) is 5.73 Å². The molecule has 0 radical (unpaired) electrons. The largest absolute Gasteiger partial charge is 0.392 e. The van der Waals surface area contributed by atoms with Gasteiger partial charge < -0.3 is 5.73 Å². The molecular weight excluding hydrogens is 315 g/mol. The summed E-state index contributed by atoms with van der Waals surface area (Å²) in [5.41, 5.74) is 5.98. The normalized spacial score (nSPS) is 10.6. The fourth-order valence-corrected chi connectivity index (χ4v) is 3.19. The van der Waals surface area contributed by atoms with Crippen LogP contribution in [0.4, 0.5) is 10.7 Å². The minimum Gasteiger partial charge on any atom is -0.392 e. The van der Waals surface area contributed by atoms with Crippen LogP contribution in [0.5, 0.6) is 0 Å². The molecule has 1 aromatic heterocycles. The number of benzene rings is 1. The summed E-state index contributed by atoms with van der Waals surface area (Å²) in [6.07, 6.45) is 0. The number of nitrogens with zero attached hydrogens (tertiary/aromatic N) is 1. The molecule has 0 saturated carbocycles. The summed E-state index contributed by atoms with van der Waals surface area (Å²) in [6.45, 7) is 0. The molecule has 1 aromatic carbocycles. The lowest BCUT2D eigenvalue weighted by Crippen LogP contribution is -1.91. The molecule has 4 nitrogen and oxygen atoms in total. The molecule has 0 fully saturated rings. The Labute approximate surface area is 97.0 Å². The van der Waals surface area contributed by atoms with Gasteiger partial charge >= 0.3 is 5.00 Å². The van der Waals surface area contributed by atoms with Crippen molar-refractivity contribution in [1.29, 1.82) is 0 Å². The molecular formula is C8H5IN2O2S. The van der Waals surface area contributed by atoms with Crippen LogP contribution in [0.2, 0.25) is 0 Å². The summed E-state index contributed by atoms with van der Waals surface area (Å²) in [6, 6.07) is 5.59. The van der Waals surface area contributed by atoms with E-state index in [2.05, 4.69) is 22.6 Å². The van der Waals surface area contributed by atoms with E-state index in [-0.39, 0.29) is 10.7 Å². The molecule has 2 aromatic rings. The standard InChI is InChI=1S/C8H5IN2O2S/c9-4-2-1-3-5-6(4)7(10)8(14-5)11(12)13/h1-3H,10H2. The van der Waals surface area contributed by atoms with E-state index in [1.54, 1.807) is 0 Å². The Morgan fingerprint density at radius 1 is 1.50 bits per heavy atom. The smallest absolute Gasteiger partial charge is 0.348 e. The Bertz CT molecular complexity index is 523. The summed E-state index contributed by atoms with van der Waals surface area (Å²) < 4.78 is 1.81. The first-order chi connectivity index (χ1) is 6.61. The van der Waals surface area contributed by atoms with Gasteiger partial charge in [-0.2, -0.15) is 0 Å². The topological polar surface area (TPSA) is 69.2 Å². The first-order valence-electron chi connectivity index (χ1n) is 3.72. The number of rotatable bonds is 1. The molecule has 0 aliphatic heterocycles. The van der Waals surface area contributed by atoms with Gasteiger partial charge in [0.05, 0.1) is 4.92 Å². The van der Waals surface area contributed by atoms with Crippen molar-refractivity contribution in [3.05, 3.63) is 31.9 Å². The van der Waals surface area contributed by atoms with Gasteiger partial charge in [0.25, 0.3) is 0 Å². The van der Waals surface area contributed by atoms with Crippen LogP contribution in [0.25, 0.3) is 10.1 Å². The Kier molecular flexibility index (Phi) is 2.31. The van der Waals surface area contributed by atoms with Crippen LogP contribution >= 0.6 is 33.9 Å². The lowest BCUT2D eigenvalue weighted by atomic mass is 10.2. The van der Waals surface area contributed by atoms with Crippen LogP contribution in [0.1, 0.15) is 0 Å². The first kappa shape index (κ1) is 9.66. The Morgan fingerprint density at radius 2 is 2.21 bits per heavy atom. The highest BCUT2D eigenvalue weighted by atomic mass is 127. The average Bonchev–Trinajstić information content (AvgIpc) is 2.45. The molecule has 1 heterocycles. The van der Waals surface area contributed by atoms with Crippen LogP contribution in [0.3, 0.4) is 0 Å². The number of hydrogen-bond acceptors (Lipinski definition) is 4. The SMILES string of the molecule is Nc1c([N+](=O)[O-])sc2cccc(I)c12. The molecule has 14 heavy (non-hydrogen) atoms. The predicted octanol–water partition coefficient (Wildman–Crippen LogP) is 3.00. The lowest BCUT2D eigenvalue weighted by molar-refractivity contribution is -0.379. The summed E-state index contributed by atoms with van der Waals surface area (Å²) in [5.74, 6) is 0. The number of thiophene rings is 1. The summed E-state index contributed by atoms with van der Waals surface area (Å²) >= 11 is 3.24. The van der Waals surface area contributed by atoms with Crippen LogP contribution in [-0.4, -0.2) is 4.92 Å². The second-order valence-electron chi connectivity index (χ2n) is 2.69. The molecule has 0 atom stereocenters. The van der Waals surface area contributed by atoms with Crippen molar-refractivity contribution in [3.63, 3.8) is 0 Å². The number of fused-ring (bicyclic) bond motifs is 1. The third kappa shape index (κ3) is 1.34. The molecule has 0 bridgehead atoms. The molecule has 0 spiro atoms. The van der Waals surface area contributed by atoms with E-state index >= 15 is 0 Å². The molecule has 2 N–H and O–H groups in total. The zero-order valence-electron chi connectivity index (χ0n) is 6.86. The molecule has 72 valence electrons.